The van der Waals surface area contributed by atoms with Crippen molar-refractivity contribution >= 4 is 5.78 Å². The first-order valence-electron chi connectivity index (χ1n) is 6.35. The third-order valence-electron chi connectivity index (χ3n) is 3.68. The second-order valence-electron chi connectivity index (χ2n) is 4.88. The number of hydrogen-bond donors (Lipinski definition) is 0. The molecule has 1 aliphatic carbocycles. The van der Waals surface area contributed by atoms with Crippen LogP contribution in [0.2, 0.25) is 0 Å². The molecule has 0 amide bonds. The van der Waals surface area contributed by atoms with E-state index in [1.54, 1.807) is 0 Å². The lowest BCUT2D eigenvalue weighted by molar-refractivity contribution is -0.120. The molecule has 16 heavy (non-hydrogen) atoms. The van der Waals surface area contributed by atoms with Crippen LogP contribution in [-0.4, -0.2) is 5.78 Å². The SMILES string of the molecule is CCCC(=O)C1CCC(C)c2ccccc21. The Labute approximate surface area is 97.9 Å². The normalized spacial score (nSPS) is 23.9. The van der Waals surface area contributed by atoms with Gasteiger partial charge in [-0.15, -0.1) is 0 Å². The standard InChI is InChI=1S/C15H20O/c1-3-6-15(16)14-10-9-11(2)12-7-4-5-8-13(12)14/h4-5,7-8,11,14H,3,6,9-10H2,1-2H3. The minimum atomic E-state index is 0.173. The fraction of sp³-hybridized carbons (Fsp3) is 0.533. The molecule has 86 valence electrons. The minimum absolute atomic E-state index is 0.173. The maximum atomic E-state index is 12.1. The van der Waals surface area contributed by atoms with Crippen LogP contribution >= 0.6 is 0 Å². The van der Waals surface area contributed by atoms with Gasteiger partial charge in [-0.25, -0.2) is 0 Å². The van der Waals surface area contributed by atoms with Crippen LogP contribution in [0.3, 0.4) is 0 Å². The van der Waals surface area contributed by atoms with E-state index in [2.05, 4.69) is 38.1 Å². The van der Waals surface area contributed by atoms with E-state index in [9.17, 15) is 4.79 Å². The summed E-state index contributed by atoms with van der Waals surface area (Å²) in [6.07, 6.45) is 3.88. The summed E-state index contributed by atoms with van der Waals surface area (Å²) in [4.78, 5) is 12.1. The van der Waals surface area contributed by atoms with Gasteiger partial charge in [0.15, 0.2) is 0 Å². The quantitative estimate of drug-likeness (QED) is 0.745. The molecule has 0 spiro atoms. The molecule has 0 bridgehead atoms. The number of Topliss-reactive ketones (excluding diaryl/α,β-unsaturated/α-hetero) is 1. The molecule has 0 heterocycles. The van der Waals surface area contributed by atoms with E-state index in [1.807, 2.05) is 0 Å². The lowest BCUT2D eigenvalue weighted by Crippen LogP contribution is -2.19. The summed E-state index contributed by atoms with van der Waals surface area (Å²) < 4.78 is 0. The molecule has 1 nitrogen and oxygen atoms in total. The topological polar surface area (TPSA) is 17.1 Å². The van der Waals surface area contributed by atoms with Gasteiger partial charge in [0.1, 0.15) is 5.78 Å². The Bertz CT molecular complexity index is 381. The van der Waals surface area contributed by atoms with Crippen molar-refractivity contribution in [2.45, 2.75) is 51.4 Å². The van der Waals surface area contributed by atoms with Gasteiger partial charge < -0.3 is 0 Å². The summed E-state index contributed by atoms with van der Waals surface area (Å²) in [7, 11) is 0. The fourth-order valence-corrected chi connectivity index (χ4v) is 2.76. The van der Waals surface area contributed by atoms with Crippen LogP contribution in [0.4, 0.5) is 0 Å². The predicted molar refractivity (Wildman–Crippen MR) is 66.7 cm³/mol. The number of benzene rings is 1. The number of rotatable bonds is 3. The van der Waals surface area contributed by atoms with E-state index in [1.165, 1.54) is 11.1 Å². The lowest BCUT2D eigenvalue weighted by atomic mass is 9.75. The zero-order valence-corrected chi connectivity index (χ0v) is 10.2. The van der Waals surface area contributed by atoms with Crippen molar-refractivity contribution < 1.29 is 4.79 Å². The van der Waals surface area contributed by atoms with Crippen molar-refractivity contribution in [3.8, 4) is 0 Å². The number of ketones is 1. The highest BCUT2D eigenvalue weighted by atomic mass is 16.1. The summed E-state index contributed by atoms with van der Waals surface area (Å²) in [5.41, 5.74) is 2.68. The molecule has 2 atom stereocenters. The van der Waals surface area contributed by atoms with E-state index in [4.69, 9.17) is 0 Å². The molecule has 0 radical (unpaired) electrons. The highest BCUT2D eigenvalue weighted by molar-refractivity contribution is 5.86. The first-order chi connectivity index (χ1) is 7.74. The third-order valence-corrected chi connectivity index (χ3v) is 3.68. The second-order valence-corrected chi connectivity index (χ2v) is 4.88. The van der Waals surface area contributed by atoms with Gasteiger partial charge in [-0.05, 0) is 36.3 Å². The van der Waals surface area contributed by atoms with Crippen LogP contribution < -0.4 is 0 Å². The molecular formula is C15H20O. The molecule has 0 saturated heterocycles. The van der Waals surface area contributed by atoms with Crippen molar-refractivity contribution in [1.82, 2.24) is 0 Å². The maximum absolute atomic E-state index is 12.1. The third kappa shape index (κ3) is 2.04. The monoisotopic (exact) mass is 216 g/mol. The lowest BCUT2D eigenvalue weighted by Gasteiger charge is -2.28. The Balaban J connectivity index is 2.31. The van der Waals surface area contributed by atoms with Crippen LogP contribution in [0, 0.1) is 0 Å². The molecule has 0 aromatic heterocycles. The molecule has 0 aliphatic heterocycles. The Morgan fingerprint density at radius 3 is 2.62 bits per heavy atom. The molecule has 2 rings (SSSR count). The molecule has 1 aromatic carbocycles. The van der Waals surface area contributed by atoms with Crippen molar-refractivity contribution in [2.24, 2.45) is 0 Å². The summed E-state index contributed by atoms with van der Waals surface area (Å²) >= 11 is 0. The first kappa shape index (κ1) is 11.4. The molecule has 0 saturated carbocycles. The van der Waals surface area contributed by atoms with E-state index in [-0.39, 0.29) is 5.92 Å². The van der Waals surface area contributed by atoms with Gasteiger partial charge in [-0.3, -0.25) is 4.79 Å². The van der Waals surface area contributed by atoms with Gasteiger partial charge in [0.05, 0.1) is 0 Å². The molecule has 0 fully saturated rings. The Morgan fingerprint density at radius 1 is 1.25 bits per heavy atom. The minimum Gasteiger partial charge on any atom is -0.299 e. The summed E-state index contributed by atoms with van der Waals surface area (Å²) in [5, 5.41) is 0. The number of hydrogen-bond acceptors (Lipinski definition) is 1. The molecule has 1 heteroatoms. The van der Waals surface area contributed by atoms with E-state index >= 15 is 0 Å². The Kier molecular flexibility index (Phi) is 3.42. The average molecular weight is 216 g/mol. The average Bonchev–Trinajstić information content (AvgIpc) is 2.30. The van der Waals surface area contributed by atoms with Gasteiger partial charge in [0, 0.05) is 12.3 Å². The molecule has 1 aromatic rings. The second kappa shape index (κ2) is 4.82. The smallest absolute Gasteiger partial charge is 0.140 e. The van der Waals surface area contributed by atoms with Gasteiger partial charge in [0.25, 0.3) is 0 Å². The van der Waals surface area contributed by atoms with Gasteiger partial charge in [-0.1, -0.05) is 38.1 Å². The van der Waals surface area contributed by atoms with Crippen LogP contribution in [0.15, 0.2) is 24.3 Å². The van der Waals surface area contributed by atoms with E-state index in [0.717, 1.165) is 25.7 Å². The van der Waals surface area contributed by atoms with Crippen molar-refractivity contribution in [1.29, 1.82) is 0 Å². The van der Waals surface area contributed by atoms with Crippen molar-refractivity contribution in [2.75, 3.05) is 0 Å². The van der Waals surface area contributed by atoms with Gasteiger partial charge >= 0.3 is 0 Å². The van der Waals surface area contributed by atoms with Crippen LogP contribution in [-0.2, 0) is 4.79 Å². The number of fused-ring (bicyclic) bond motifs is 1. The zero-order chi connectivity index (χ0) is 11.5. The molecular weight excluding hydrogens is 196 g/mol. The molecule has 2 unspecified atom stereocenters. The zero-order valence-electron chi connectivity index (χ0n) is 10.2. The number of carbonyl (C=O) groups is 1. The highest BCUT2D eigenvalue weighted by Crippen LogP contribution is 2.39. The van der Waals surface area contributed by atoms with Crippen LogP contribution in [0.25, 0.3) is 0 Å². The number of carbonyl (C=O) groups excluding carboxylic acids is 1. The largest absolute Gasteiger partial charge is 0.299 e. The Hall–Kier alpha value is -1.11. The van der Waals surface area contributed by atoms with Gasteiger partial charge in [0.2, 0.25) is 0 Å². The van der Waals surface area contributed by atoms with Crippen LogP contribution in [0.5, 0.6) is 0 Å². The predicted octanol–water partition coefficient (Wildman–Crippen LogP) is 4.04. The highest BCUT2D eigenvalue weighted by Gasteiger charge is 2.28. The molecule has 0 N–H and O–H groups in total. The molecule has 1 aliphatic rings. The maximum Gasteiger partial charge on any atom is 0.140 e. The van der Waals surface area contributed by atoms with Gasteiger partial charge in [-0.2, -0.15) is 0 Å². The Morgan fingerprint density at radius 2 is 1.94 bits per heavy atom. The van der Waals surface area contributed by atoms with Crippen molar-refractivity contribution in [3.05, 3.63) is 35.4 Å². The summed E-state index contributed by atoms with van der Waals surface area (Å²) in [6, 6.07) is 8.47. The van der Waals surface area contributed by atoms with E-state index < -0.39 is 0 Å². The first-order valence-corrected chi connectivity index (χ1v) is 6.35. The van der Waals surface area contributed by atoms with Crippen molar-refractivity contribution in [3.63, 3.8) is 0 Å². The summed E-state index contributed by atoms with van der Waals surface area (Å²) in [5.74, 6) is 1.22. The fourth-order valence-electron chi connectivity index (χ4n) is 2.76. The van der Waals surface area contributed by atoms with E-state index in [0.29, 0.717) is 11.7 Å². The van der Waals surface area contributed by atoms with Crippen LogP contribution in [0.1, 0.15) is 62.5 Å². The summed E-state index contributed by atoms with van der Waals surface area (Å²) in [6.45, 7) is 4.34.